The van der Waals surface area contributed by atoms with Gasteiger partial charge >= 0.3 is 0 Å². The first-order valence-corrected chi connectivity index (χ1v) is 3.49. The monoisotopic (exact) mass is 151 g/mol. The van der Waals surface area contributed by atoms with Crippen molar-refractivity contribution in [2.45, 2.75) is 0 Å². The molecule has 1 aliphatic heterocycles. The van der Waals surface area contributed by atoms with Crippen LogP contribution in [0, 0.1) is 0 Å². The zero-order valence-corrected chi connectivity index (χ0v) is 5.96. The molecular weight excluding hydrogens is 142 g/mol. The number of aliphatic imine (C=N–C) groups is 1. The summed E-state index contributed by atoms with van der Waals surface area (Å²) >= 11 is 0. The molecule has 1 aliphatic rings. The van der Waals surface area contributed by atoms with Crippen LogP contribution in [0.15, 0.2) is 17.5 Å². The fourth-order valence-electron chi connectivity index (χ4n) is 0.933. The normalized spacial score (nSPS) is 15.8. The van der Waals surface area contributed by atoms with Crippen molar-refractivity contribution in [2.75, 3.05) is 18.4 Å². The van der Waals surface area contributed by atoms with E-state index in [2.05, 4.69) is 25.6 Å². The average molecular weight is 151 g/mol. The molecule has 0 amide bonds. The molecule has 0 fully saturated rings. The lowest BCUT2D eigenvalue weighted by Crippen LogP contribution is -2.26. The van der Waals surface area contributed by atoms with Crippen LogP contribution in [0.1, 0.15) is 0 Å². The summed E-state index contributed by atoms with van der Waals surface area (Å²) in [5, 5.41) is 6.13. The molecule has 2 rings (SSSR count). The van der Waals surface area contributed by atoms with E-state index < -0.39 is 0 Å². The van der Waals surface area contributed by atoms with Crippen molar-refractivity contribution < 1.29 is 0 Å². The van der Waals surface area contributed by atoms with E-state index in [4.69, 9.17) is 0 Å². The Morgan fingerprint density at radius 3 is 3.18 bits per heavy atom. The second-order valence-electron chi connectivity index (χ2n) is 2.25. The summed E-state index contributed by atoms with van der Waals surface area (Å²) in [5.74, 6) is 1.67. The number of guanidine groups is 1. The minimum Gasteiger partial charge on any atom is -0.354 e. The molecule has 1 aromatic rings. The van der Waals surface area contributed by atoms with Gasteiger partial charge in [-0.15, -0.1) is 0 Å². The Hall–Kier alpha value is -1.52. The van der Waals surface area contributed by atoms with Crippen molar-refractivity contribution in [3.8, 4) is 0 Å². The van der Waals surface area contributed by atoms with Crippen LogP contribution >= 0.6 is 0 Å². The van der Waals surface area contributed by atoms with Gasteiger partial charge in [0.1, 0.15) is 5.82 Å². The summed E-state index contributed by atoms with van der Waals surface area (Å²) < 4.78 is 0. The second-order valence-corrected chi connectivity index (χ2v) is 2.25. The summed E-state index contributed by atoms with van der Waals surface area (Å²) in [6.07, 6.45) is 3.33. The van der Waals surface area contributed by atoms with Gasteiger partial charge in [0.05, 0.1) is 19.1 Å². The molecule has 0 bridgehead atoms. The number of aromatic amines is 1. The first-order chi connectivity index (χ1) is 5.45. The highest BCUT2D eigenvalue weighted by Crippen LogP contribution is 1.98. The summed E-state index contributed by atoms with van der Waals surface area (Å²) in [4.78, 5) is 10.9. The van der Waals surface area contributed by atoms with Gasteiger partial charge in [-0.2, -0.15) is 0 Å². The lowest BCUT2D eigenvalue weighted by Gasteiger charge is -2.01. The van der Waals surface area contributed by atoms with Crippen LogP contribution in [0.3, 0.4) is 0 Å². The highest BCUT2D eigenvalue weighted by Gasteiger charge is 2.03. The van der Waals surface area contributed by atoms with Crippen LogP contribution in [0.5, 0.6) is 0 Å². The molecule has 0 aromatic carbocycles. The maximum Gasteiger partial charge on any atom is 0.197 e. The standard InChI is InChI=1S/C6H9N5/c1-2-9-6(8-1)11-5-3-7-4-10-5/h3-4H,1-2H2,(H,7,10)(H2,8,9,11). The fraction of sp³-hybridized carbons (Fsp3) is 0.333. The zero-order chi connectivity index (χ0) is 7.52. The van der Waals surface area contributed by atoms with Gasteiger partial charge in [-0.1, -0.05) is 0 Å². The van der Waals surface area contributed by atoms with Gasteiger partial charge in [-0.05, 0) is 0 Å². The number of anilines is 1. The highest BCUT2D eigenvalue weighted by atomic mass is 15.2. The molecular formula is C6H9N5. The van der Waals surface area contributed by atoms with E-state index in [1.54, 1.807) is 12.5 Å². The molecule has 2 heterocycles. The number of rotatable bonds is 1. The van der Waals surface area contributed by atoms with Gasteiger partial charge < -0.3 is 15.6 Å². The molecule has 1 aromatic heterocycles. The summed E-state index contributed by atoms with van der Waals surface area (Å²) in [5.41, 5.74) is 0. The van der Waals surface area contributed by atoms with Crippen molar-refractivity contribution in [3.05, 3.63) is 12.5 Å². The smallest absolute Gasteiger partial charge is 0.197 e. The van der Waals surface area contributed by atoms with Gasteiger partial charge in [0.2, 0.25) is 0 Å². The van der Waals surface area contributed by atoms with Gasteiger partial charge in [0.25, 0.3) is 0 Å². The molecule has 0 spiro atoms. The first-order valence-electron chi connectivity index (χ1n) is 3.49. The lowest BCUT2D eigenvalue weighted by molar-refractivity contribution is 0.959. The topological polar surface area (TPSA) is 65.1 Å². The number of nitrogens with one attached hydrogen (secondary N) is 3. The Bertz CT molecular complexity index is 250. The van der Waals surface area contributed by atoms with Crippen LogP contribution < -0.4 is 10.6 Å². The molecule has 0 aliphatic carbocycles. The lowest BCUT2D eigenvalue weighted by atomic mass is 10.7. The van der Waals surface area contributed by atoms with E-state index >= 15 is 0 Å². The molecule has 0 radical (unpaired) electrons. The van der Waals surface area contributed by atoms with Crippen LogP contribution in [-0.2, 0) is 0 Å². The molecule has 0 unspecified atom stereocenters. The third kappa shape index (κ3) is 1.31. The predicted octanol–water partition coefficient (Wildman–Crippen LogP) is -0.219. The number of hydrogen-bond acceptors (Lipinski definition) is 4. The van der Waals surface area contributed by atoms with Crippen LogP contribution in [-0.4, -0.2) is 29.0 Å². The average Bonchev–Trinajstić information content (AvgIpc) is 2.60. The van der Waals surface area contributed by atoms with Crippen LogP contribution in [0.4, 0.5) is 5.82 Å². The molecule has 0 atom stereocenters. The van der Waals surface area contributed by atoms with E-state index in [0.29, 0.717) is 0 Å². The van der Waals surface area contributed by atoms with Crippen molar-refractivity contribution in [1.82, 2.24) is 15.3 Å². The Morgan fingerprint density at radius 2 is 2.55 bits per heavy atom. The fourth-order valence-corrected chi connectivity index (χ4v) is 0.933. The minimum absolute atomic E-state index is 0.814. The molecule has 5 heteroatoms. The Balaban J connectivity index is 2.00. The molecule has 11 heavy (non-hydrogen) atoms. The van der Waals surface area contributed by atoms with Crippen molar-refractivity contribution >= 4 is 11.8 Å². The second kappa shape index (κ2) is 2.61. The van der Waals surface area contributed by atoms with Crippen molar-refractivity contribution in [2.24, 2.45) is 4.99 Å². The number of H-pyrrole nitrogens is 1. The van der Waals surface area contributed by atoms with Crippen molar-refractivity contribution in [3.63, 3.8) is 0 Å². The molecule has 0 saturated heterocycles. The van der Waals surface area contributed by atoms with Crippen molar-refractivity contribution in [1.29, 1.82) is 0 Å². The maximum atomic E-state index is 4.16. The van der Waals surface area contributed by atoms with Gasteiger partial charge in [-0.3, -0.25) is 4.99 Å². The number of aromatic nitrogens is 2. The largest absolute Gasteiger partial charge is 0.354 e. The third-order valence-electron chi connectivity index (χ3n) is 1.43. The first kappa shape index (κ1) is 6.21. The maximum absolute atomic E-state index is 4.16. The van der Waals surface area contributed by atoms with E-state index in [0.717, 1.165) is 24.9 Å². The predicted molar refractivity (Wildman–Crippen MR) is 42.5 cm³/mol. The van der Waals surface area contributed by atoms with E-state index in [9.17, 15) is 0 Å². The van der Waals surface area contributed by atoms with Crippen LogP contribution in [0.2, 0.25) is 0 Å². The molecule has 3 N–H and O–H groups in total. The summed E-state index contributed by atoms with van der Waals surface area (Å²) in [6, 6.07) is 0. The van der Waals surface area contributed by atoms with Gasteiger partial charge in [-0.25, -0.2) is 4.98 Å². The number of imidazole rings is 1. The Labute approximate surface area is 63.9 Å². The molecule has 0 saturated carbocycles. The number of hydrogen-bond donors (Lipinski definition) is 3. The Morgan fingerprint density at radius 1 is 1.55 bits per heavy atom. The zero-order valence-electron chi connectivity index (χ0n) is 5.96. The molecule has 58 valence electrons. The summed E-state index contributed by atoms with van der Waals surface area (Å²) in [7, 11) is 0. The van der Waals surface area contributed by atoms with Gasteiger partial charge in [0.15, 0.2) is 5.96 Å². The minimum atomic E-state index is 0.814. The quantitative estimate of drug-likeness (QED) is 0.520. The SMILES string of the molecule is c1ncc(NC2=NCCN2)[nH]1. The highest BCUT2D eigenvalue weighted by molar-refractivity contribution is 5.93. The molecule has 5 nitrogen and oxygen atoms in total. The van der Waals surface area contributed by atoms with Gasteiger partial charge in [0, 0.05) is 6.54 Å². The van der Waals surface area contributed by atoms with Crippen LogP contribution in [0.25, 0.3) is 0 Å². The summed E-state index contributed by atoms with van der Waals surface area (Å²) in [6.45, 7) is 1.76. The Kier molecular flexibility index (Phi) is 1.47. The van der Waals surface area contributed by atoms with E-state index in [1.807, 2.05) is 0 Å². The third-order valence-corrected chi connectivity index (χ3v) is 1.43. The number of nitrogens with zero attached hydrogens (tertiary/aromatic N) is 2. The van der Waals surface area contributed by atoms with E-state index in [-0.39, 0.29) is 0 Å². The van der Waals surface area contributed by atoms with E-state index in [1.165, 1.54) is 0 Å².